The number of hydrogen-bond acceptors (Lipinski definition) is 2. The zero-order chi connectivity index (χ0) is 15.6. The number of nitrogens with zero attached hydrogens (tertiary/aromatic N) is 1. The van der Waals surface area contributed by atoms with Crippen molar-refractivity contribution in [3.05, 3.63) is 28.2 Å². The van der Waals surface area contributed by atoms with Crippen LogP contribution in [0.5, 0.6) is 0 Å². The summed E-state index contributed by atoms with van der Waals surface area (Å²) < 4.78 is 27.6. The van der Waals surface area contributed by atoms with Gasteiger partial charge in [-0.1, -0.05) is 15.9 Å². The normalized spacial score (nSPS) is 17.9. The molecule has 21 heavy (non-hydrogen) atoms. The van der Waals surface area contributed by atoms with Crippen LogP contribution in [-0.2, 0) is 4.79 Å². The van der Waals surface area contributed by atoms with Gasteiger partial charge in [-0.25, -0.2) is 13.6 Å². The highest BCUT2D eigenvalue weighted by Crippen LogP contribution is 2.26. The molecule has 1 aliphatic heterocycles. The summed E-state index contributed by atoms with van der Waals surface area (Å²) in [5.41, 5.74) is -0.538. The number of carbonyl (C=O) groups excluding carboxylic acids is 1. The highest BCUT2D eigenvalue weighted by Gasteiger charge is 2.31. The second-order valence-electron chi connectivity index (χ2n) is 4.76. The van der Waals surface area contributed by atoms with Crippen LogP contribution in [0.2, 0.25) is 0 Å². The zero-order valence-electron chi connectivity index (χ0n) is 10.9. The second kappa shape index (κ2) is 6.38. The lowest BCUT2D eigenvalue weighted by Gasteiger charge is -2.24. The van der Waals surface area contributed by atoms with Crippen molar-refractivity contribution in [1.29, 1.82) is 0 Å². The average Bonchev–Trinajstić information content (AvgIpc) is 2.80. The largest absolute Gasteiger partial charge is 0.481 e. The van der Waals surface area contributed by atoms with Gasteiger partial charge in [0.25, 0.3) is 0 Å². The molecule has 0 radical (unpaired) electrons. The Morgan fingerprint density at radius 2 is 2.00 bits per heavy atom. The fourth-order valence-electron chi connectivity index (χ4n) is 2.36. The van der Waals surface area contributed by atoms with Crippen molar-refractivity contribution in [3.8, 4) is 0 Å². The lowest BCUT2D eigenvalue weighted by molar-refractivity contribution is -0.137. The molecular weight excluding hydrogens is 350 g/mol. The van der Waals surface area contributed by atoms with Gasteiger partial charge in [-0.3, -0.25) is 4.79 Å². The Bertz CT molecular complexity index is 560. The van der Waals surface area contributed by atoms with Gasteiger partial charge in [0.05, 0.1) is 6.42 Å². The predicted molar refractivity (Wildman–Crippen MR) is 75.1 cm³/mol. The van der Waals surface area contributed by atoms with E-state index in [1.54, 1.807) is 0 Å². The SMILES string of the molecule is O=C(O)CC1CCCN1C(=O)Nc1c(F)cc(Br)cc1F. The number of urea groups is 1. The van der Waals surface area contributed by atoms with E-state index in [0.29, 0.717) is 19.4 Å². The third-order valence-electron chi connectivity index (χ3n) is 3.29. The molecule has 0 spiro atoms. The monoisotopic (exact) mass is 362 g/mol. The molecule has 0 saturated carbocycles. The molecule has 1 unspecified atom stereocenters. The fraction of sp³-hybridized carbons (Fsp3) is 0.385. The summed E-state index contributed by atoms with van der Waals surface area (Å²) in [6.45, 7) is 0.365. The Morgan fingerprint density at radius 1 is 1.38 bits per heavy atom. The van der Waals surface area contributed by atoms with Crippen LogP contribution in [0.4, 0.5) is 19.3 Å². The van der Waals surface area contributed by atoms with Crippen molar-refractivity contribution in [3.63, 3.8) is 0 Å². The van der Waals surface area contributed by atoms with E-state index in [2.05, 4.69) is 21.2 Å². The molecule has 5 nitrogen and oxygen atoms in total. The number of carbonyl (C=O) groups is 2. The topological polar surface area (TPSA) is 69.6 Å². The first-order valence-corrected chi connectivity index (χ1v) is 7.11. The molecule has 1 aromatic rings. The number of amides is 2. The molecule has 1 heterocycles. The van der Waals surface area contributed by atoms with E-state index in [1.165, 1.54) is 4.90 Å². The second-order valence-corrected chi connectivity index (χ2v) is 5.68. The number of nitrogens with one attached hydrogen (secondary N) is 1. The minimum atomic E-state index is -1.01. The summed E-state index contributed by atoms with van der Waals surface area (Å²) in [6.07, 6.45) is 1.04. The molecule has 1 atom stereocenters. The van der Waals surface area contributed by atoms with Gasteiger partial charge in [-0.15, -0.1) is 0 Å². The lowest BCUT2D eigenvalue weighted by atomic mass is 10.1. The Hall–Kier alpha value is -1.70. The minimum Gasteiger partial charge on any atom is -0.481 e. The van der Waals surface area contributed by atoms with Crippen LogP contribution in [-0.4, -0.2) is 34.6 Å². The summed E-state index contributed by atoms with van der Waals surface area (Å²) in [6, 6.07) is 0.928. The fourth-order valence-corrected chi connectivity index (χ4v) is 2.76. The van der Waals surface area contributed by atoms with Crippen LogP contribution in [0, 0.1) is 11.6 Å². The Balaban J connectivity index is 2.13. The Labute approximate surface area is 128 Å². The third-order valence-corrected chi connectivity index (χ3v) is 3.74. The van der Waals surface area contributed by atoms with Gasteiger partial charge in [-0.2, -0.15) is 0 Å². The molecule has 1 aliphatic rings. The molecule has 2 amide bonds. The number of halogens is 3. The van der Waals surface area contributed by atoms with Gasteiger partial charge >= 0.3 is 12.0 Å². The van der Waals surface area contributed by atoms with Gasteiger partial charge in [-0.05, 0) is 25.0 Å². The highest BCUT2D eigenvalue weighted by atomic mass is 79.9. The van der Waals surface area contributed by atoms with Crippen molar-refractivity contribution in [2.45, 2.75) is 25.3 Å². The number of carboxylic acid groups (broad SMARTS) is 1. The maximum atomic E-state index is 13.7. The number of benzene rings is 1. The first kappa shape index (κ1) is 15.7. The van der Waals surface area contributed by atoms with E-state index < -0.39 is 35.4 Å². The molecular formula is C13H13BrF2N2O3. The van der Waals surface area contributed by atoms with Crippen molar-refractivity contribution < 1.29 is 23.5 Å². The van der Waals surface area contributed by atoms with E-state index >= 15 is 0 Å². The summed E-state index contributed by atoms with van der Waals surface area (Å²) in [7, 11) is 0. The number of likely N-dealkylation sites (tertiary alicyclic amines) is 1. The third kappa shape index (κ3) is 3.69. The van der Waals surface area contributed by atoms with Gasteiger partial charge in [0, 0.05) is 17.1 Å². The van der Waals surface area contributed by atoms with Crippen molar-refractivity contribution >= 4 is 33.6 Å². The molecule has 0 aliphatic carbocycles. The molecule has 0 aromatic heterocycles. The van der Waals surface area contributed by atoms with Crippen LogP contribution in [0.1, 0.15) is 19.3 Å². The van der Waals surface area contributed by atoms with Gasteiger partial charge in [0.2, 0.25) is 0 Å². The summed E-state index contributed by atoms with van der Waals surface area (Å²) >= 11 is 2.95. The standard InChI is InChI=1S/C13H13BrF2N2O3/c14-7-4-9(15)12(10(16)5-7)17-13(21)18-3-1-2-8(18)6-11(19)20/h4-5,8H,1-3,6H2,(H,17,21)(H,19,20). The zero-order valence-corrected chi connectivity index (χ0v) is 12.5. The van der Waals surface area contributed by atoms with E-state index in [4.69, 9.17) is 5.11 Å². The van der Waals surface area contributed by atoms with E-state index in [1.807, 2.05) is 0 Å². The maximum Gasteiger partial charge on any atom is 0.322 e. The summed E-state index contributed by atoms with van der Waals surface area (Å²) in [5, 5.41) is 11.0. The molecule has 114 valence electrons. The van der Waals surface area contributed by atoms with Crippen LogP contribution in [0.25, 0.3) is 0 Å². The average molecular weight is 363 g/mol. The number of rotatable bonds is 3. The number of hydrogen-bond donors (Lipinski definition) is 2. The number of anilines is 1. The summed E-state index contributed by atoms with van der Waals surface area (Å²) in [5.74, 6) is -2.81. The molecule has 2 rings (SSSR count). The van der Waals surface area contributed by atoms with E-state index in [9.17, 15) is 18.4 Å². The molecule has 1 fully saturated rings. The minimum absolute atomic E-state index is 0.182. The van der Waals surface area contributed by atoms with Crippen LogP contribution < -0.4 is 5.32 Å². The first-order chi connectivity index (χ1) is 9.88. The van der Waals surface area contributed by atoms with Crippen LogP contribution >= 0.6 is 15.9 Å². The van der Waals surface area contributed by atoms with E-state index in [-0.39, 0.29) is 10.9 Å². The smallest absolute Gasteiger partial charge is 0.322 e. The summed E-state index contributed by atoms with van der Waals surface area (Å²) in [4.78, 5) is 24.1. The lowest BCUT2D eigenvalue weighted by Crippen LogP contribution is -2.40. The number of carboxylic acids is 1. The number of aliphatic carboxylic acids is 1. The quantitative estimate of drug-likeness (QED) is 0.867. The van der Waals surface area contributed by atoms with Crippen molar-refractivity contribution in [2.75, 3.05) is 11.9 Å². The van der Waals surface area contributed by atoms with Crippen molar-refractivity contribution in [2.24, 2.45) is 0 Å². The Morgan fingerprint density at radius 3 is 2.57 bits per heavy atom. The maximum absolute atomic E-state index is 13.7. The van der Waals surface area contributed by atoms with Crippen molar-refractivity contribution in [1.82, 2.24) is 4.90 Å². The van der Waals surface area contributed by atoms with Crippen LogP contribution in [0.15, 0.2) is 16.6 Å². The molecule has 1 saturated heterocycles. The first-order valence-electron chi connectivity index (χ1n) is 6.32. The molecule has 8 heteroatoms. The Kier molecular flexibility index (Phi) is 4.76. The predicted octanol–water partition coefficient (Wildman–Crippen LogP) is 3.20. The molecule has 2 N–H and O–H groups in total. The van der Waals surface area contributed by atoms with Gasteiger partial charge in [0.1, 0.15) is 5.69 Å². The van der Waals surface area contributed by atoms with E-state index in [0.717, 1.165) is 12.1 Å². The molecule has 1 aromatic carbocycles. The molecule has 0 bridgehead atoms. The van der Waals surface area contributed by atoms with Gasteiger partial charge < -0.3 is 15.3 Å². The van der Waals surface area contributed by atoms with Crippen LogP contribution in [0.3, 0.4) is 0 Å². The van der Waals surface area contributed by atoms with Gasteiger partial charge in [0.15, 0.2) is 11.6 Å². The highest BCUT2D eigenvalue weighted by molar-refractivity contribution is 9.10.